The van der Waals surface area contributed by atoms with Crippen molar-refractivity contribution in [1.82, 2.24) is 5.32 Å². The Morgan fingerprint density at radius 2 is 2.17 bits per heavy atom. The molecule has 0 bridgehead atoms. The van der Waals surface area contributed by atoms with E-state index in [9.17, 15) is 4.79 Å². The van der Waals surface area contributed by atoms with E-state index in [-0.39, 0.29) is 34.1 Å². The Balaban J connectivity index is 0. The number of aliphatic hydroxyl groups is 1. The number of hydrogen-bond donors (Lipinski definition) is 3. The van der Waals surface area contributed by atoms with Gasteiger partial charge >= 0.3 is 5.97 Å². The molecule has 0 unspecified atom stereocenters. The molecule has 0 rings (SSSR count). The minimum absolute atomic E-state index is 0. The van der Waals surface area contributed by atoms with Crippen molar-refractivity contribution in [3.05, 3.63) is 0 Å². The molecular formula is C7H15MoNO3. The average molecular weight is 257 g/mol. The monoisotopic (exact) mass is 259 g/mol. The van der Waals surface area contributed by atoms with Gasteiger partial charge in [-0.2, -0.15) is 0 Å². The average Bonchev–Trinajstić information content (AvgIpc) is 1.97. The Morgan fingerprint density at radius 1 is 1.58 bits per heavy atom. The van der Waals surface area contributed by atoms with E-state index >= 15 is 0 Å². The molecule has 0 saturated carbocycles. The molecule has 0 radical (unpaired) electrons. The summed E-state index contributed by atoms with van der Waals surface area (Å²) in [6.45, 7) is 2.55. The topological polar surface area (TPSA) is 69.6 Å². The first kappa shape index (κ1) is 14.6. The van der Waals surface area contributed by atoms with Gasteiger partial charge in [-0.15, -0.1) is 0 Å². The van der Waals surface area contributed by atoms with Gasteiger partial charge in [-0.3, -0.25) is 4.79 Å². The van der Waals surface area contributed by atoms with Gasteiger partial charge in [0.1, 0.15) is 6.04 Å². The quantitative estimate of drug-likeness (QED) is 0.577. The van der Waals surface area contributed by atoms with Crippen LogP contribution in [0.3, 0.4) is 0 Å². The van der Waals surface area contributed by atoms with Crippen molar-refractivity contribution in [3.63, 3.8) is 0 Å². The van der Waals surface area contributed by atoms with Crippen molar-refractivity contribution in [1.29, 1.82) is 0 Å². The molecule has 0 heterocycles. The molecule has 0 aromatic heterocycles. The first-order chi connectivity index (χ1) is 5.22. The molecule has 5 heteroatoms. The zero-order valence-corrected chi connectivity index (χ0v) is 9.12. The molecule has 3 N–H and O–H groups in total. The number of carbonyl (C=O) groups is 1. The van der Waals surface area contributed by atoms with Gasteiger partial charge in [0.2, 0.25) is 0 Å². The summed E-state index contributed by atoms with van der Waals surface area (Å²) in [6.07, 6.45) is 1.17. The van der Waals surface area contributed by atoms with Gasteiger partial charge in [0.15, 0.2) is 0 Å². The molecule has 0 spiro atoms. The van der Waals surface area contributed by atoms with E-state index in [1.165, 1.54) is 0 Å². The van der Waals surface area contributed by atoms with Crippen molar-refractivity contribution < 1.29 is 36.1 Å². The van der Waals surface area contributed by atoms with Crippen LogP contribution in [0.1, 0.15) is 19.8 Å². The van der Waals surface area contributed by atoms with Crippen LogP contribution in [-0.4, -0.2) is 35.4 Å². The van der Waals surface area contributed by atoms with Crippen LogP contribution >= 0.6 is 0 Å². The predicted octanol–water partition coefficient (Wildman–Crippen LogP) is -0.181. The van der Waals surface area contributed by atoms with E-state index in [1.54, 1.807) is 0 Å². The van der Waals surface area contributed by atoms with E-state index < -0.39 is 12.0 Å². The Morgan fingerprint density at radius 3 is 2.50 bits per heavy atom. The van der Waals surface area contributed by atoms with Gasteiger partial charge in [0.05, 0.1) is 0 Å². The fourth-order valence-corrected chi connectivity index (χ4v) is 0.761. The number of carboxylic acids is 1. The summed E-state index contributed by atoms with van der Waals surface area (Å²) in [5.74, 6) is -0.896. The smallest absolute Gasteiger partial charge is 0.320 e. The third-order valence-electron chi connectivity index (χ3n) is 1.36. The van der Waals surface area contributed by atoms with Crippen LogP contribution in [0.4, 0.5) is 0 Å². The van der Waals surface area contributed by atoms with Crippen molar-refractivity contribution in [3.8, 4) is 0 Å². The third kappa shape index (κ3) is 6.77. The van der Waals surface area contributed by atoms with Crippen LogP contribution in [0, 0.1) is 0 Å². The first-order valence-electron chi connectivity index (χ1n) is 3.79. The van der Waals surface area contributed by atoms with Crippen LogP contribution in [0.2, 0.25) is 0 Å². The standard InChI is InChI=1S/C7H15NO3.Mo/c1-2-4-8-6(3-5-9)7(10)11;/h6,8-9H,2-5H2,1H3,(H,10,11);/t6-;/m0./s1. The summed E-state index contributed by atoms with van der Waals surface area (Å²) in [4.78, 5) is 10.4. The molecule has 0 aliphatic carbocycles. The number of carboxylic acid groups (broad SMARTS) is 1. The molecule has 0 aromatic carbocycles. The maximum absolute atomic E-state index is 10.4. The molecule has 72 valence electrons. The van der Waals surface area contributed by atoms with Crippen molar-refractivity contribution >= 4 is 5.97 Å². The SMILES string of the molecule is CCCN[C@@H](CCO)C(=O)O.[Mo]. The zero-order valence-electron chi connectivity index (χ0n) is 7.12. The van der Waals surface area contributed by atoms with Gasteiger partial charge in [0.25, 0.3) is 0 Å². The number of aliphatic hydroxyl groups excluding tert-OH is 1. The fourth-order valence-electron chi connectivity index (χ4n) is 0.761. The molecule has 0 amide bonds. The first-order valence-corrected chi connectivity index (χ1v) is 3.79. The minimum Gasteiger partial charge on any atom is -0.480 e. The molecule has 12 heavy (non-hydrogen) atoms. The Kier molecular flexibility index (Phi) is 11.2. The molecular weight excluding hydrogens is 242 g/mol. The zero-order chi connectivity index (χ0) is 8.69. The Labute approximate surface area is 86.6 Å². The maximum Gasteiger partial charge on any atom is 0.320 e. The molecule has 0 fully saturated rings. The van der Waals surface area contributed by atoms with E-state index in [1.807, 2.05) is 6.92 Å². The maximum atomic E-state index is 10.4. The van der Waals surface area contributed by atoms with Crippen LogP contribution in [-0.2, 0) is 25.9 Å². The van der Waals surface area contributed by atoms with E-state index in [0.717, 1.165) is 6.42 Å². The van der Waals surface area contributed by atoms with E-state index in [0.29, 0.717) is 6.54 Å². The second-order valence-corrected chi connectivity index (χ2v) is 2.36. The van der Waals surface area contributed by atoms with Gasteiger partial charge in [-0.1, -0.05) is 6.92 Å². The summed E-state index contributed by atoms with van der Waals surface area (Å²) in [5.41, 5.74) is 0. The molecule has 4 nitrogen and oxygen atoms in total. The van der Waals surface area contributed by atoms with E-state index in [2.05, 4.69) is 5.32 Å². The normalized spacial score (nSPS) is 11.8. The summed E-state index contributed by atoms with van der Waals surface area (Å²) < 4.78 is 0. The summed E-state index contributed by atoms with van der Waals surface area (Å²) >= 11 is 0. The van der Waals surface area contributed by atoms with Gasteiger partial charge < -0.3 is 15.5 Å². The van der Waals surface area contributed by atoms with Crippen molar-refractivity contribution in [2.45, 2.75) is 25.8 Å². The van der Waals surface area contributed by atoms with Crippen LogP contribution in [0.5, 0.6) is 0 Å². The second-order valence-electron chi connectivity index (χ2n) is 2.36. The molecule has 0 aliphatic heterocycles. The van der Waals surface area contributed by atoms with Crippen molar-refractivity contribution in [2.75, 3.05) is 13.2 Å². The third-order valence-corrected chi connectivity index (χ3v) is 1.36. The minimum atomic E-state index is -0.896. The van der Waals surface area contributed by atoms with Gasteiger partial charge in [-0.25, -0.2) is 0 Å². The Hall–Kier alpha value is 0.0783. The van der Waals surface area contributed by atoms with Crippen LogP contribution < -0.4 is 5.32 Å². The largest absolute Gasteiger partial charge is 0.480 e. The van der Waals surface area contributed by atoms with E-state index in [4.69, 9.17) is 10.2 Å². The van der Waals surface area contributed by atoms with Crippen LogP contribution in [0.25, 0.3) is 0 Å². The predicted molar refractivity (Wildman–Crippen MR) is 41.4 cm³/mol. The Bertz CT molecular complexity index is 121. The van der Waals surface area contributed by atoms with Crippen LogP contribution in [0.15, 0.2) is 0 Å². The molecule has 1 atom stereocenters. The number of rotatable bonds is 6. The summed E-state index contributed by atoms with van der Waals surface area (Å²) in [7, 11) is 0. The molecule has 0 aromatic rings. The second kappa shape index (κ2) is 9.17. The summed E-state index contributed by atoms with van der Waals surface area (Å²) in [5, 5.41) is 19.8. The molecule has 0 aliphatic rings. The molecule has 0 saturated heterocycles. The van der Waals surface area contributed by atoms with Gasteiger partial charge in [-0.05, 0) is 19.4 Å². The number of hydrogen-bond acceptors (Lipinski definition) is 3. The van der Waals surface area contributed by atoms with Gasteiger partial charge in [0, 0.05) is 27.7 Å². The van der Waals surface area contributed by atoms with Crippen molar-refractivity contribution in [2.24, 2.45) is 0 Å². The number of nitrogens with one attached hydrogen (secondary N) is 1. The number of aliphatic carboxylic acids is 1. The summed E-state index contributed by atoms with van der Waals surface area (Å²) in [6, 6.07) is -0.597. The fraction of sp³-hybridized carbons (Fsp3) is 0.857.